The first kappa shape index (κ1) is 22.4. The van der Waals surface area contributed by atoms with E-state index in [9.17, 15) is 27.2 Å². The molecule has 25 heavy (non-hydrogen) atoms. The molecule has 0 fully saturated rings. The number of halogens is 4. The van der Waals surface area contributed by atoms with Crippen molar-refractivity contribution < 1.29 is 36.6 Å². The van der Waals surface area contributed by atoms with Crippen molar-refractivity contribution in [1.29, 1.82) is 0 Å². The zero-order chi connectivity index (χ0) is 19.7. The van der Waals surface area contributed by atoms with Crippen LogP contribution in [0.25, 0.3) is 0 Å². The van der Waals surface area contributed by atoms with Crippen LogP contribution in [0.1, 0.15) is 34.1 Å². The van der Waals surface area contributed by atoms with Crippen molar-refractivity contribution in [1.82, 2.24) is 0 Å². The molecular weight excluding hydrogens is 344 g/mol. The molecule has 138 valence electrons. The van der Waals surface area contributed by atoms with Gasteiger partial charge < -0.3 is 9.47 Å². The average molecular weight is 362 g/mol. The van der Waals surface area contributed by atoms with E-state index >= 15 is 0 Å². The summed E-state index contributed by atoms with van der Waals surface area (Å²) in [6.07, 6.45) is 0.559. The summed E-state index contributed by atoms with van der Waals surface area (Å²) in [7, 11) is 0. The highest BCUT2D eigenvalue weighted by Gasteiger charge is 2.21. The van der Waals surface area contributed by atoms with Gasteiger partial charge in [0.15, 0.2) is 23.3 Å². The fourth-order valence-electron chi connectivity index (χ4n) is 1.68. The van der Waals surface area contributed by atoms with Crippen LogP contribution >= 0.6 is 0 Å². The van der Waals surface area contributed by atoms with Gasteiger partial charge in [-0.2, -0.15) is 8.78 Å². The van der Waals surface area contributed by atoms with Gasteiger partial charge in [-0.05, 0) is 38.3 Å². The molecule has 0 atom stereocenters. The standard InChI is InChI=1S/C17H18F4O4/c1-6-12(17(21)15(19)10(4)24-8-22)9(3)14(18)16(20)11(5)25-13(23)7-2/h7-8H,2,6H2,1,3-5H3/b14-9-,15-10-,16-11-,17-12-. The van der Waals surface area contributed by atoms with Crippen molar-refractivity contribution in [3.05, 3.63) is 58.6 Å². The number of carbonyl (C=O) groups is 2. The van der Waals surface area contributed by atoms with E-state index in [1.165, 1.54) is 6.92 Å². The van der Waals surface area contributed by atoms with Crippen molar-refractivity contribution in [3.63, 3.8) is 0 Å². The molecule has 0 bridgehead atoms. The average Bonchev–Trinajstić information content (AvgIpc) is 2.59. The van der Waals surface area contributed by atoms with Crippen LogP contribution in [0, 0.1) is 0 Å². The Kier molecular flexibility index (Phi) is 9.19. The lowest BCUT2D eigenvalue weighted by molar-refractivity contribution is -0.134. The van der Waals surface area contributed by atoms with Gasteiger partial charge in [-0.3, -0.25) is 4.79 Å². The monoisotopic (exact) mass is 362 g/mol. The van der Waals surface area contributed by atoms with Crippen LogP contribution in [0.15, 0.2) is 58.6 Å². The normalized spacial score (nSPS) is 15.2. The third-order valence-corrected chi connectivity index (χ3v) is 3.05. The van der Waals surface area contributed by atoms with Gasteiger partial charge in [0.05, 0.1) is 0 Å². The maximum Gasteiger partial charge on any atom is 0.335 e. The third kappa shape index (κ3) is 6.06. The minimum atomic E-state index is -1.54. The van der Waals surface area contributed by atoms with Gasteiger partial charge in [-0.15, -0.1) is 0 Å². The van der Waals surface area contributed by atoms with Gasteiger partial charge in [-0.1, -0.05) is 13.5 Å². The Hall–Kier alpha value is -2.64. The molecule has 0 heterocycles. The molecule has 0 aromatic carbocycles. The summed E-state index contributed by atoms with van der Waals surface area (Å²) in [5.41, 5.74) is -1.03. The van der Waals surface area contributed by atoms with Gasteiger partial charge in [0, 0.05) is 6.08 Å². The molecule has 0 aromatic heterocycles. The van der Waals surface area contributed by atoms with Gasteiger partial charge in [-0.25, -0.2) is 13.6 Å². The van der Waals surface area contributed by atoms with Crippen LogP contribution < -0.4 is 0 Å². The lowest BCUT2D eigenvalue weighted by Gasteiger charge is -2.10. The predicted molar refractivity (Wildman–Crippen MR) is 83.3 cm³/mol. The Balaban J connectivity index is 6.14. The smallest absolute Gasteiger partial charge is 0.335 e. The quantitative estimate of drug-likeness (QED) is 0.149. The fraction of sp³-hybridized carbons (Fsp3) is 0.294. The summed E-state index contributed by atoms with van der Waals surface area (Å²) in [5, 5.41) is 0. The number of hydrogen-bond acceptors (Lipinski definition) is 4. The van der Waals surface area contributed by atoms with Crippen molar-refractivity contribution in [2.45, 2.75) is 34.1 Å². The molecule has 0 unspecified atom stereocenters. The van der Waals surface area contributed by atoms with E-state index in [1.54, 1.807) is 0 Å². The van der Waals surface area contributed by atoms with Crippen molar-refractivity contribution in [3.8, 4) is 0 Å². The maximum atomic E-state index is 14.2. The second-order valence-electron chi connectivity index (χ2n) is 4.66. The van der Waals surface area contributed by atoms with Crippen LogP contribution in [0.3, 0.4) is 0 Å². The number of rotatable bonds is 8. The van der Waals surface area contributed by atoms with Gasteiger partial charge in [0.25, 0.3) is 6.47 Å². The first-order chi connectivity index (χ1) is 11.6. The largest absolute Gasteiger partial charge is 0.430 e. The Morgan fingerprint density at radius 1 is 0.960 bits per heavy atom. The summed E-state index contributed by atoms with van der Waals surface area (Å²) in [5.74, 6) is -8.46. The van der Waals surface area contributed by atoms with Gasteiger partial charge in [0.1, 0.15) is 11.5 Å². The van der Waals surface area contributed by atoms with Gasteiger partial charge in [0.2, 0.25) is 0 Å². The highest BCUT2D eigenvalue weighted by atomic mass is 19.2. The molecule has 0 rings (SSSR count). The Labute approximate surface area is 142 Å². The Morgan fingerprint density at radius 3 is 1.92 bits per heavy atom. The second kappa shape index (κ2) is 10.3. The highest BCUT2D eigenvalue weighted by Crippen LogP contribution is 2.32. The predicted octanol–water partition coefficient (Wildman–Crippen LogP) is 5.17. The molecule has 0 aromatic rings. The molecule has 0 N–H and O–H groups in total. The summed E-state index contributed by atoms with van der Waals surface area (Å²) in [4.78, 5) is 21.2. The SMILES string of the molecule is C=CC(=O)O/C(C)=C(F)/C(F)=C(C)/C(CC)=C(F)/C(F)=C(\C)OC=O. The number of carbonyl (C=O) groups excluding carboxylic acids is 2. The van der Waals surface area contributed by atoms with E-state index in [4.69, 9.17) is 0 Å². The molecule has 4 nitrogen and oxygen atoms in total. The zero-order valence-corrected chi connectivity index (χ0v) is 14.2. The van der Waals surface area contributed by atoms with E-state index in [0.29, 0.717) is 0 Å². The highest BCUT2D eigenvalue weighted by molar-refractivity contribution is 5.82. The fourth-order valence-corrected chi connectivity index (χ4v) is 1.68. The van der Waals surface area contributed by atoms with Gasteiger partial charge >= 0.3 is 5.97 Å². The van der Waals surface area contributed by atoms with Crippen molar-refractivity contribution in [2.75, 3.05) is 0 Å². The van der Waals surface area contributed by atoms with Crippen molar-refractivity contribution >= 4 is 12.4 Å². The Bertz CT molecular complexity index is 685. The number of hydrogen-bond donors (Lipinski definition) is 0. The third-order valence-electron chi connectivity index (χ3n) is 3.05. The van der Waals surface area contributed by atoms with E-state index in [-0.39, 0.29) is 12.9 Å². The molecule has 0 saturated heterocycles. The van der Waals surface area contributed by atoms with Crippen LogP contribution in [0.4, 0.5) is 17.6 Å². The molecule has 0 spiro atoms. The second-order valence-corrected chi connectivity index (χ2v) is 4.66. The molecule has 0 aliphatic heterocycles. The zero-order valence-electron chi connectivity index (χ0n) is 14.2. The topological polar surface area (TPSA) is 52.6 Å². The van der Waals surface area contributed by atoms with E-state index in [0.717, 1.165) is 26.8 Å². The number of allylic oxidation sites excluding steroid dienone is 8. The summed E-state index contributed by atoms with van der Waals surface area (Å²) in [6, 6.07) is 0. The first-order valence-electron chi connectivity index (χ1n) is 7.05. The van der Waals surface area contributed by atoms with Crippen molar-refractivity contribution in [2.24, 2.45) is 0 Å². The lowest BCUT2D eigenvalue weighted by Crippen LogP contribution is -2.01. The van der Waals surface area contributed by atoms with Crippen LogP contribution in [-0.4, -0.2) is 12.4 Å². The molecule has 0 aliphatic rings. The van der Waals surface area contributed by atoms with Crippen LogP contribution in [0.5, 0.6) is 0 Å². The molecule has 0 aliphatic carbocycles. The molecule has 0 saturated carbocycles. The molecular formula is C17H18F4O4. The summed E-state index contributed by atoms with van der Waals surface area (Å²) in [6.45, 7) is 7.39. The number of esters is 1. The minimum Gasteiger partial charge on any atom is -0.430 e. The first-order valence-corrected chi connectivity index (χ1v) is 7.05. The Morgan fingerprint density at radius 2 is 1.48 bits per heavy atom. The number of ether oxygens (including phenoxy) is 2. The van der Waals surface area contributed by atoms with Crippen LogP contribution in [-0.2, 0) is 19.1 Å². The van der Waals surface area contributed by atoms with E-state index < -0.39 is 51.9 Å². The molecule has 8 heteroatoms. The maximum absolute atomic E-state index is 14.2. The molecule has 0 radical (unpaired) electrons. The molecule has 0 amide bonds. The van der Waals surface area contributed by atoms with E-state index in [2.05, 4.69) is 16.1 Å². The van der Waals surface area contributed by atoms with Crippen LogP contribution in [0.2, 0.25) is 0 Å². The van der Waals surface area contributed by atoms with E-state index in [1.807, 2.05) is 0 Å². The lowest BCUT2D eigenvalue weighted by atomic mass is 10.0. The summed E-state index contributed by atoms with van der Waals surface area (Å²) >= 11 is 0. The minimum absolute atomic E-state index is 0.100. The summed E-state index contributed by atoms with van der Waals surface area (Å²) < 4.78 is 64.9.